The average Bonchev–Trinajstić information content (AvgIpc) is 2.47. The van der Waals surface area contributed by atoms with Crippen molar-refractivity contribution in [2.45, 2.75) is 48.5 Å². The number of rotatable bonds is 0. The molecule has 0 aliphatic heterocycles. The van der Waals surface area contributed by atoms with Gasteiger partial charge < -0.3 is 4.98 Å². The molecule has 1 heterocycles. The Balaban J connectivity index is 0.00000192. The molecule has 0 N–H and O–H groups in total. The summed E-state index contributed by atoms with van der Waals surface area (Å²) < 4.78 is 1.16. The predicted molar refractivity (Wildman–Crippen MR) is 98.9 cm³/mol. The second-order valence-corrected chi connectivity index (χ2v) is 7.15. The van der Waals surface area contributed by atoms with Crippen molar-refractivity contribution in [3.8, 4) is 0 Å². The zero-order valence-corrected chi connectivity index (χ0v) is 18.6. The molecule has 0 bridgehead atoms. The van der Waals surface area contributed by atoms with Gasteiger partial charge in [-0.1, -0.05) is 34.8 Å². The van der Waals surface area contributed by atoms with E-state index in [2.05, 4.69) is 70.5 Å². The molecule has 1 nitrogen and oxygen atoms in total. The fourth-order valence-corrected chi connectivity index (χ4v) is 3.79. The standard InChI is InChI=1S/C20H21BrN.Ir/c1-9-8-16-17(14(6)19(9)21)12(4)13(5)18-11(3)10(2)15(7)22-20(16)18;/h1-7H3;/q-1;. The van der Waals surface area contributed by atoms with Gasteiger partial charge in [-0.05, 0) is 56.6 Å². The fourth-order valence-electron chi connectivity index (χ4n) is 3.49. The van der Waals surface area contributed by atoms with E-state index in [1.54, 1.807) is 0 Å². The van der Waals surface area contributed by atoms with Crippen molar-refractivity contribution in [1.82, 2.24) is 4.98 Å². The summed E-state index contributed by atoms with van der Waals surface area (Å²) >= 11 is 3.71. The van der Waals surface area contributed by atoms with Gasteiger partial charge in [0.15, 0.2) is 0 Å². The molecule has 0 atom stereocenters. The number of benzene rings is 2. The summed E-state index contributed by atoms with van der Waals surface area (Å²) in [5.41, 5.74) is 9.95. The number of nitrogens with zero attached hydrogens (tertiary/aromatic N) is 1. The predicted octanol–water partition coefficient (Wildman–Crippen LogP) is 6.11. The van der Waals surface area contributed by atoms with E-state index in [0.29, 0.717) is 0 Å². The van der Waals surface area contributed by atoms with Gasteiger partial charge in [-0.3, -0.25) is 0 Å². The number of fused-ring (bicyclic) bond motifs is 3. The molecule has 1 radical (unpaired) electrons. The van der Waals surface area contributed by atoms with Gasteiger partial charge >= 0.3 is 0 Å². The topological polar surface area (TPSA) is 12.9 Å². The monoisotopic (exact) mass is 547 g/mol. The molecule has 0 saturated heterocycles. The molecule has 123 valence electrons. The van der Waals surface area contributed by atoms with Crippen LogP contribution in [0.5, 0.6) is 0 Å². The molecule has 0 amide bonds. The van der Waals surface area contributed by atoms with Crippen LogP contribution in [0.4, 0.5) is 0 Å². The normalized spacial score (nSPS) is 11.1. The van der Waals surface area contributed by atoms with Crippen LogP contribution in [0, 0.1) is 54.5 Å². The maximum Gasteiger partial charge on any atom is 0.0298 e. The van der Waals surface area contributed by atoms with E-state index < -0.39 is 0 Å². The Morgan fingerprint density at radius 3 is 1.87 bits per heavy atom. The smallest absolute Gasteiger partial charge is 0.0298 e. The molecule has 1 aromatic heterocycles. The summed E-state index contributed by atoms with van der Waals surface area (Å²) in [7, 11) is 0. The van der Waals surface area contributed by atoms with E-state index in [4.69, 9.17) is 4.98 Å². The number of pyridine rings is 1. The third kappa shape index (κ3) is 2.58. The van der Waals surface area contributed by atoms with Gasteiger partial charge in [-0.15, -0.1) is 38.5 Å². The minimum Gasteiger partial charge on any atom is -0.301 e. The van der Waals surface area contributed by atoms with Gasteiger partial charge in [-0.2, -0.15) is 0 Å². The molecule has 0 aliphatic carbocycles. The van der Waals surface area contributed by atoms with E-state index in [0.717, 1.165) is 26.6 Å². The molecule has 3 rings (SSSR count). The number of hydrogen-bond donors (Lipinski definition) is 0. The summed E-state index contributed by atoms with van der Waals surface area (Å²) in [4.78, 5) is 4.93. The molecular weight excluding hydrogens is 526 g/mol. The quantitative estimate of drug-likeness (QED) is 0.245. The summed E-state index contributed by atoms with van der Waals surface area (Å²) in [6, 6.07) is 3.57. The van der Waals surface area contributed by atoms with E-state index in [1.807, 2.05) is 0 Å². The first-order valence-corrected chi connectivity index (χ1v) is 8.43. The molecular formula is C20H21BrIrN-. The number of aromatic nitrogens is 1. The second kappa shape index (κ2) is 6.27. The van der Waals surface area contributed by atoms with Crippen molar-refractivity contribution < 1.29 is 20.1 Å². The minimum atomic E-state index is 0. The minimum absolute atomic E-state index is 0. The van der Waals surface area contributed by atoms with Gasteiger partial charge in [0, 0.05) is 25.8 Å². The van der Waals surface area contributed by atoms with Crippen molar-refractivity contribution in [3.05, 3.63) is 49.6 Å². The maximum atomic E-state index is 4.93. The van der Waals surface area contributed by atoms with Crippen molar-refractivity contribution in [1.29, 1.82) is 0 Å². The zero-order chi connectivity index (χ0) is 16.3. The first-order valence-electron chi connectivity index (χ1n) is 7.64. The van der Waals surface area contributed by atoms with Crippen LogP contribution >= 0.6 is 15.9 Å². The van der Waals surface area contributed by atoms with E-state index in [9.17, 15) is 0 Å². The molecule has 0 spiro atoms. The summed E-state index contributed by atoms with van der Waals surface area (Å²) in [6.45, 7) is 15.2. The molecule has 0 fully saturated rings. The second-order valence-electron chi connectivity index (χ2n) is 6.36. The fraction of sp³-hybridized carbons (Fsp3) is 0.350. The Morgan fingerprint density at radius 1 is 0.739 bits per heavy atom. The first kappa shape index (κ1) is 18.6. The van der Waals surface area contributed by atoms with Crippen LogP contribution in [-0.2, 0) is 20.1 Å². The number of aryl methyl sites for hydroxylation is 6. The number of halogens is 1. The molecule has 0 unspecified atom stereocenters. The summed E-state index contributed by atoms with van der Waals surface area (Å²) in [5, 5.41) is 3.74. The maximum absolute atomic E-state index is 4.93. The molecule has 2 aromatic carbocycles. The van der Waals surface area contributed by atoms with Crippen LogP contribution < -0.4 is 0 Å². The Kier molecular flexibility index (Phi) is 5.07. The Hall–Kier alpha value is -0.761. The van der Waals surface area contributed by atoms with Crippen LogP contribution in [0.2, 0.25) is 0 Å². The third-order valence-corrected chi connectivity index (χ3v) is 6.33. The van der Waals surface area contributed by atoms with Crippen LogP contribution in [0.1, 0.15) is 39.1 Å². The molecule has 23 heavy (non-hydrogen) atoms. The summed E-state index contributed by atoms with van der Waals surface area (Å²) in [6.07, 6.45) is 0. The van der Waals surface area contributed by atoms with Crippen molar-refractivity contribution in [2.75, 3.05) is 0 Å². The molecule has 3 heteroatoms. The van der Waals surface area contributed by atoms with E-state index in [-0.39, 0.29) is 20.1 Å². The largest absolute Gasteiger partial charge is 0.301 e. The van der Waals surface area contributed by atoms with Gasteiger partial charge in [0.05, 0.1) is 0 Å². The van der Waals surface area contributed by atoms with Gasteiger partial charge in [0.2, 0.25) is 0 Å². The molecule has 0 saturated carbocycles. The molecule has 0 aliphatic rings. The average molecular weight is 548 g/mol. The van der Waals surface area contributed by atoms with Crippen LogP contribution in [0.3, 0.4) is 0 Å². The summed E-state index contributed by atoms with van der Waals surface area (Å²) in [5.74, 6) is 0. The van der Waals surface area contributed by atoms with Crippen LogP contribution in [-0.4, -0.2) is 4.98 Å². The van der Waals surface area contributed by atoms with Crippen molar-refractivity contribution >= 4 is 37.6 Å². The SMILES string of the molecule is Cc1[c-]c2c(c(C)c1Br)c(C)c(C)c1c(C)c(C)c(C)nc12.[Ir]. The Morgan fingerprint density at radius 2 is 1.26 bits per heavy atom. The van der Waals surface area contributed by atoms with Crippen LogP contribution in [0.25, 0.3) is 21.7 Å². The van der Waals surface area contributed by atoms with Gasteiger partial charge in [0.1, 0.15) is 0 Å². The first-order chi connectivity index (χ1) is 10.3. The van der Waals surface area contributed by atoms with Crippen molar-refractivity contribution in [2.24, 2.45) is 0 Å². The number of hydrogen-bond acceptors (Lipinski definition) is 1. The Bertz CT molecular complexity index is 879. The molecule has 3 aromatic rings. The van der Waals surface area contributed by atoms with E-state index in [1.165, 1.54) is 38.6 Å². The van der Waals surface area contributed by atoms with Gasteiger partial charge in [-0.25, -0.2) is 0 Å². The van der Waals surface area contributed by atoms with Gasteiger partial charge in [0.25, 0.3) is 0 Å². The van der Waals surface area contributed by atoms with Crippen LogP contribution in [0.15, 0.2) is 4.47 Å². The van der Waals surface area contributed by atoms with Crippen molar-refractivity contribution in [3.63, 3.8) is 0 Å². The third-order valence-electron chi connectivity index (χ3n) is 5.14. The Labute approximate surface area is 160 Å². The van der Waals surface area contributed by atoms with E-state index >= 15 is 0 Å². The zero-order valence-electron chi connectivity index (χ0n) is 14.7.